The second kappa shape index (κ2) is 6.61. The van der Waals surface area contributed by atoms with Crippen molar-refractivity contribution in [2.45, 2.75) is 38.6 Å². The van der Waals surface area contributed by atoms with Crippen molar-refractivity contribution in [1.82, 2.24) is 4.90 Å². The van der Waals surface area contributed by atoms with Gasteiger partial charge in [0.25, 0.3) is 0 Å². The first-order valence-electron chi connectivity index (χ1n) is 8.23. The van der Waals surface area contributed by atoms with Crippen LogP contribution in [-0.2, 0) is 11.3 Å². The lowest BCUT2D eigenvalue weighted by Gasteiger charge is -2.29. The Morgan fingerprint density at radius 2 is 1.81 bits per heavy atom. The molecule has 0 spiro atoms. The quantitative estimate of drug-likeness (QED) is 0.922. The number of aliphatic carboxylic acids is 1. The van der Waals surface area contributed by atoms with E-state index in [2.05, 4.69) is 29.2 Å². The van der Waals surface area contributed by atoms with Crippen molar-refractivity contribution in [3.63, 3.8) is 0 Å². The van der Waals surface area contributed by atoms with E-state index in [4.69, 9.17) is 0 Å². The van der Waals surface area contributed by atoms with Crippen LogP contribution in [0.1, 0.15) is 37.7 Å². The van der Waals surface area contributed by atoms with Gasteiger partial charge in [0.1, 0.15) is 0 Å². The molecule has 0 bridgehead atoms. The molecule has 1 aromatic carbocycles. The lowest BCUT2D eigenvalue weighted by Crippen LogP contribution is -2.29. The Hall–Kier alpha value is -1.35. The first-order chi connectivity index (χ1) is 10.2. The summed E-state index contributed by atoms with van der Waals surface area (Å²) in [6.45, 7) is 2.55. The van der Waals surface area contributed by atoms with Gasteiger partial charge in [-0.25, -0.2) is 0 Å². The second-order valence-electron chi connectivity index (χ2n) is 6.69. The number of hydrogen-bond donors (Lipinski definition) is 1. The van der Waals surface area contributed by atoms with E-state index in [9.17, 15) is 9.90 Å². The zero-order chi connectivity index (χ0) is 14.7. The van der Waals surface area contributed by atoms with Crippen LogP contribution in [-0.4, -0.2) is 29.1 Å². The summed E-state index contributed by atoms with van der Waals surface area (Å²) in [5.74, 6) is 0.213. The van der Waals surface area contributed by atoms with E-state index in [0.29, 0.717) is 18.4 Å². The molecule has 21 heavy (non-hydrogen) atoms. The molecule has 1 aromatic rings. The first kappa shape index (κ1) is 14.6. The fourth-order valence-corrected chi connectivity index (χ4v) is 4.19. The molecule has 2 fully saturated rings. The van der Waals surface area contributed by atoms with E-state index < -0.39 is 5.97 Å². The van der Waals surface area contributed by atoms with E-state index in [1.54, 1.807) is 0 Å². The molecule has 1 aliphatic heterocycles. The third kappa shape index (κ3) is 3.46. The largest absolute Gasteiger partial charge is 0.481 e. The molecule has 0 radical (unpaired) electrons. The van der Waals surface area contributed by atoms with Crippen molar-refractivity contribution in [3.05, 3.63) is 35.9 Å². The highest BCUT2D eigenvalue weighted by Gasteiger charge is 2.41. The van der Waals surface area contributed by atoms with E-state index in [0.717, 1.165) is 13.1 Å². The molecule has 0 aromatic heterocycles. The third-order valence-electron chi connectivity index (χ3n) is 5.26. The van der Waals surface area contributed by atoms with Crippen molar-refractivity contribution < 1.29 is 9.90 Å². The summed E-state index contributed by atoms with van der Waals surface area (Å²) in [4.78, 5) is 14.0. The fourth-order valence-electron chi connectivity index (χ4n) is 4.19. The Balaban J connectivity index is 1.67. The molecule has 0 amide bonds. The summed E-state index contributed by atoms with van der Waals surface area (Å²) in [7, 11) is 0. The van der Waals surface area contributed by atoms with Gasteiger partial charge in [-0.2, -0.15) is 0 Å². The zero-order valence-corrected chi connectivity index (χ0v) is 12.6. The summed E-state index contributed by atoms with van der Waals surface area (Å²) in [5, 5.41) is 9.57. The molecule has 114 valence electrons. The Bertz CT molecular complexity index is 467. The van der Waals surface area contributed by atoms with Gasteiger partial charge >= 0.3 is 5.97 Å². The van der Waals surface area contributed by atoms with Crippen LogP contribution < -0.4 is 0 Å². The SMILES string of the molecule is O=C(O)C1CN(Cc2ccccc2)CC1C1CCCCC1. The Labute approximate surface area is 127 Å². The van der Waals surface area contributed by atoms with Crippen LogP contribution in [0.2, 0.25) is 0 Å². The Morgan fingerprint density at radius 1 is 1.10 bits per heavy atom. The second-order valence-corrected chi connectivity index (χ2v) is 6.69. The van der Waals surface area contributed by atoms with Gasteiger partial charge in [-0.1, -0.05) is 62.4 Å². The molecular weight excluding hydrogens is 262 g/mol. The van der Waals surface area contributed by atoms with Crippen molar-refractivity contribution in [3.8, 4) is 0 Å². The maximum Gasteiger partial charge on any atom is 0.308 e. The summed E-state index contributed by atoms with van der Waals surface area (Å²) in [6, 6.07) is 10.4. The smallest absolute Gasteiger partial charge is 0.308 e. The van der Waals surface area contributed by atoms with Gasteiger partial charge < -0.3 is 5.11 Å². The number of likely N-dealkylation sites (tertiary alicyclic amines) is 1. The molecule has 3 nitrogen and oxygen atoms in total. The normalized spacial score (nSPS) is 27.8. The summed E-state index contributed by atoms with van der Waals surface area (Å²) >= 11 is 0. The minimum absolute atomic E-state index is 0.170. The number of carboxylic acid groups (broad SMARTS) is 1. The number of benzene rings is 1. The minimum atomic E-state index is -0.596. The van der Waals surface area contributed by atoms with Crippen LogP contribution in [0.15, 0.2) is 30.3 Å². The average Bonchev–Trinajstić information content (AvgIpc) is 2.93. The standard InChI is InChI=1S/C18H25NO2/c20-18(21)17-13-19(11-14-7-3-1-4-8-14)12-16(17)15-9-5-2-6-10-15/h1,3-4,7-8,15-17H,2,5-6,9-13H2,(H,20,21). The molecule has 3 heteroatoms. The van der Waals surface area contributed by atoms with Gasteiger partial charge in [0, 0.05) is 19.6 Å². The van der Waals surface area contributed by atoms with E-state index in [-0.39, 0.29) is 5.92 Å². The van der Waals surface area contributed by atoms with E-state index in [1.807, 2.05) is 6.07 Å². The van der Waals surface area contributed by atoms with Gasteiger partial charge in [-0.3, -0.25) is 9.69 Å². The average molecular weight is 287 g/mol. The number of carbonyl (C=O) groups is 1. The summed E-state index contributed by atoms with van der Waals surface area (Å²) < 4.78 is 0. The highest BCUT2D eigenvalue weighted by atomic mass is 16.4. The van der Waals surface area contributed by atoms with Crippen molar-refractivity contribution in [2.24, 2.45) is 17.8 Å². The Kier molecular flexibility index (Phi) is 4.59. The topological polar surface area (TPSA) is 40.5 Å². The zero-order valence-electron chi connectivity index (χ0n) is 12.6. The molecule has 2 atom stereocenters. The molecule has 1 saturated heterocycles. The number of hydrogen-bond acceptors (Lipinski definition) is 2. The predicted octanol–water partition coefficient (Wildman–Crippen LogP) is 3.40. The molecule has 2 aliphatic rings. The highest BCUT2D eigenvalue weighted by molar-refractivity contribution is 5.71. The molecule has 1 aliphatic carbocycles. The van der Waals surface area contributed by atoms with Crippen LogP contribution in [0, 0.1) is 17.8 Å². The lowest BCUT2D eigenvalue weighted by atomic mass is 9.75. The lowest BCUT2D eigenvalue weighted by molar-refractivity contribution is -0.143. The monoisotopic (exact) mass is 287 g/mol. The molecule has 1 N–H and O–H groups in total. The number of rotatable bonds is 4. The number of carboxylic acids is 1. The fraction of sp³-hybridized carbons (Fsp3) is 0.611. The van der Waals surface area contributed by atoms with Crippen LogP contribution in [0.3, 0.4) is 0 Å². The van der Waals surface area contributed by atoms with Gasteiger partial charge in [-0.05, 0) is 17.4 Å². The van der Waals surface area contributed by atoms with Crippen LogP contribution in [0.5, 0.6) is 0 Å². The summed E-state index contributed by atoms with van der Waals surface area (Å²) in [6.07, 6.45) is 6.36. The minimum Gasteiger partial charge on any atom is -0.481 e. The van der Waals surface area contributed by atoms with Crippen LogP contribution in [0.25, 0.3) is 0 Å². The van der Waals surface area contributed by atoms with Gasteiger partial charge in [0.05, 0.1) is 5.92 Å². The van der Waals surface area contributed by atoms with Crippen LogP contribution in [0.4, 0.5) is 0 Å². The molecule has 1 saturated carbocycles. The third-order valence-corrected chi connectivity index (χ3v) is 5.26. The molecule has 2 unspecified atom stereocenters. The van der Waals surface area contributed by atoms with E-state index >= 15 is 0 Å². The van der Waals surface area contributed by atoms with Crippen molar-refractivity contribution in [2.75, 3.05) is 13.1 Å². The van der Waals surface area contributed by atoms with Crippen molar-refractivity contribution >= 4 is 5.97 Å². The molecule has 1 heterocycles. The van der Waals surface area contributed by atoms with Gasteiger partial charge in [0.15, 0.2) is 0 Å². The number of nitrogens with zero attached hydrogens (tertiary/aromatic N) is 1. The maximum atomic E-state index is 11.6. The van der Waals surface area contributed by atoms with Crippen LogP contribution >= 0.6 is 0 Å². The molecule has 3 rings (SSSR count). The first-order valence-corrected chi connectivity index (χ1v) is 8.23. The van der Waals surface area contributed by atoms with Gasteiger partial charge in [0.2, 0.25) is 0 Å². The maximum absolute atomic E-state index is 11.6. The van der Waals surface area contributed by atoms with E-state index in [1.165, 1.54) is 37.7 Å². The molecular formula is C18H25NO2. The predicted molar refractivity (Wildman–Crippen MR) is 82.9 cm³/mol. The highest BCUT2D eigenvalue weighted by Crippen LogP contribution is 2.38. The van der Waals surface area contributed by atoms with Crippen molar-refractivity contribution in [1.29, 1.82) is 0 Å². The summed E-state index contributed by atoms with van der Waals surface area (Å²) in [5.41, 5.74) is 1.28. The Morgan fingerprint density at radius 3 is 2.48 bits per heavy atom. The van der Waals surface area contributed by atoms with Gasteiger partial charge in [-0.15, -0.1) is 0 Å².